The van der Waals surface area contributed by atoms with Crippen molar-refractivity contribution in [2.45, 2.75) is 6.92 Å². The standard InChI is InChI=1S/C20H17N3O3/c1-13(24)22-17-6-3-7-18(11-17)23-12-16(8-9-19(23)25)14-4-2-5-15(10-14)20(21)26/h2-12H,1H3,(H2,21,26)(H,22,24). The van der Waals surface area contributed by atoms with Gasteiger partial charge in [-0.05, 0) is 47.5 Å². The van der Waals surface area contributed by atoms with Crippen LogP contribution in [-0.4, -0.2) is 16.4 Å². The smallest absolute Gasteiger partial charge is 0.255 e. The monoisotopic (exact) mass is 347 g/mol. The highest BCUT2D eigenvalue weighted by atomic mass is 16.2. The van der Waals surface area contributed by atoms with Gasteiger partial charge in [0.1, 0.15) is 0 Å². The Morgan fingerprint density at radius 3 is 2.46 bits per heavy atom. The summed E-state index contributed by atoms with van der Waals surface area (Å²) < 4.78 is 1.48. The molecule has 3 aromatic rings. The quantitative estimate of drug-likeness (QED) is 0.759. The molecular weight excluding hydrogens is 330 g/mol. The summed E-state index contributed by atoms with van der Waals surface area (Å²) in [5, 5.41) is 2.69. The van der Waals surface area contributed by atoms with Gasteiger partial charge in [-0.2, -0.15) is 0 Å². The number of amides is 2. The van der Waals surface area contributed by atoms with E-state index >= 15 is 0 Å². The highest BCUT2D eigenvalue weighted by Gasteiger charge is 2.07. The van der Waals surface area contributed by atoms with Crippen LogP contribution >= 0.6 is 0 Å². The van der Waals surface area contributed by atoms with Gasteiger partial charge in [-0.15, -0.1) is 0 Å². The van der Waals surface area contributed by atoms with E-state index in [1.54, 1.807) is 54.7 Å². The molecule has 0 fully saturated rings. The summed E-state index contributed by atoms with van der Waals surface area (Å²) >= 11 is 0. The van der Waals surface area contributed by atoms with Crippen LogP contribution in [0.15, 0.2) is 71.7 Å². The molecule has 1 aromatic heterocycles. The summed E-state index contributed by atoms with van der Waals surface area (Å²) in [7, 11) is 0. The second kappa shape index (κ2) is 7.06. The van der Waals surface area contributed by atoms with E-state index in [1.165, 1.54) is 17.6 Å². The molecule has 0 aliphatic rings. The van der Waals surface area contributed by atoms with Crippen molar-refractivity contribution in [3.05, 3.63) is 82.8 Å². The summed E-state index contributed by atoms with van der Waals surface area (Å²) in [6.45, 7) is 1.42. The third-order valence-corrected chi connectivity index (χ3v) is 3.84. The Morgan fingerprint density at radius 2 is 1.73 bits per heavy atom. The average molecular weight is 347 g/mol. The zero-order valence-electron chi connectivity index (χ0n) is 14.1. The lowest BCUT2D eigenvalue weighted by Gasteiger charge is -2.11. The van der Waals surface area contributed by atoms with Crippen molar-refractivity contribution in [1.82, 2.24) is 4.57 Å². The Labute approximate surface area is 149 Å². The molecule has 0 unspecified atom stereocenters. The number of nitrogens with two attached hydrogens (primary N) is 1. The van der Waals surface area contributed by atoms with E-state index in [4.69, 9.17) is 5.73 Å². The molecule has 0 atom stereocenters. The third kappa shape index (κ3) is 3.70. The van der Waals surface area contributed by atoms with E-state index in [0.29, 0.717) is 16.9 Å². The molecule has 6 heteroatoms. The fourth-order valence-electron chi connectivity index (χ4n) is 2.65. The number of hydrogen-bond donors (Lipinski definition) is 2. The van der Waals surface area contributed by atoms with Crippen molar-refractivity contribution in [2.24, 2.45) is 5.73 Å². The topological polar surface area (TPSA) is 94.2 Å². The summed E-state index contributed by atoms with van der Waals surface area (Å²) in [5.41, 5.74) is 8.27. The van der Waals surface area contributed by atoms with E-state index in [-0.39, 0.29) is 11.5 Å². The number of nitrogens with zero attached hydrogens (tertiary/aromatic N) is 1. The molecule has 2 amide bonds. The van der Waals surface area contributed by atoms with Crippen LogP contribution in [0.4, 0.5) is 5.69 Å². The molecular formula is C20H17N3O3. The van der Waals surface area contributed by atoms with Crippen LogP contribution in [0.3, 0.4) is 0 Å². The Balaban J connectivity index is 2.06. The molecule has 26 heavy (non-hydrogen) atoms. The molecule has 0 radical (unpaired) electrons. The van der Waals surface area contributed by atoms with Gasteiger partial charge in [0, 0.05) is 30.4 Å². The van der Waals surface area contributed by atoms with Gasteiger partial charge in [0.2, 0.25) is 11.8 Å². The molecule has 0 saturated heterocycles. The van der Waals surface area contributed by atoms with Crippen molar-refractivity contribution in [2.75, 3.05) is 5.32 Å². The van der Waals surface area contributed by atoms with Gasteiger partial charge < -0.3 is 11.1 Å². The molecule has 0 bridgehead atoms. The minimum absolute atomic E-state index is 0.188. The van der Waals surface area contributed by atoms with Gasteiger partial charge in [0.25, 0.3) is 5.56 Å². The van der Waals surface area contributed by atoms with Crippen molar-refractivity contribution in [3.63, 3.8) is 0 Å². The Morgan fingerprint density at radius 1 is 0.962 bits per heavy atom. The number of rotatable bonds is 4. The normalized spacial score (nSPS) is 10.3. The summed E-state index contributed by atoms with van der Waals surface area (Å²) in [5.74, 6) is -0.699. The van der Waals surface area contributed by atoms with Crippen molar-refractivity contribution in [3.8, 4) is 16.8 Å². The highest BCUT2D eigenvalue weighted by Crippen LogP contribution is 2.21. The Hall–Kier alpha value is -3.67. The molecule has 130 valence electrons. The molecule has 3 rings (SSSR count). The molecule has 0 saturated carbocycles. The predicted octanol–water partition coefficient (Wildman–Crippen LogP) is 2.56. The Kier molecular flexibility index (Phi) is 4.66. The number of carbonyl (C=O) groups excluding carboxylic acids is 2. The number of nitrogens with one attached hydrogen (secondary N) is 1. The lowest BCUT2D eigenvalue weighted by atomic mass is 10.0. The van der Waals surface area contributed by atoms with Crippen LogP contribution in [0.2, 0.25) is 0 Å². The van der Waals surface area contributed by atoms with Gasteiger partial charge in [0.05, 0.1) is 5.69 Å². The van der Waals surface area contributed by atoms with E-state index in [9.17, 15) is 14.4 Å². The van der Waals surface area contributed by atoms with Crippen molar-refractivity contribution < 1.29 is 9.59 Å². The van der Waals surface area contributed by atoms with Crippen LogP contribution in [-0.2, 0) is 4.79 Å². The van der Waals surface area contributed by atoms with E-state index < -0.39 is 5.91 Å². The van der Waals surface area contributed by atoms with Gasteiger partial charge in [-0.25, -0.2) is 0 Å². The van der Waals surface area contributed by atoms with E-state index in [2.05, 4.69) is 5.32 Å². The van der Waals surface area contributed by atoms with Crippen LogP contribution < -0.4 is 16.6 Å². The number of anilines is 1. The minimum atomic E-state index is -0.511. The molecule has 0 spiro atoms. The lowest BCUT2D eigenvalue weighted by molar-refractivity contribution is -0.114. The SMILES string of the molecule is CC(=O)Nc1cccc(-n2cc(-c3cccc(C(N)=O)c3)ccc2=O)c1. The minimum Gasteiger partial charge on any atom is -0.366 e. The predicted molar refractivity (Wildman–Crippen MR) is 100 cm³/mol. The molecule has 0 aliphatic heterocycles. The molecule has 6 nitrogen and oxygen atoms in total. The number of hydrogen-bond acceptors (Lipinski definition) is 3. The zero-order valence-corrected chi connectivity index (χ0v) is 14.1. The lowest BCUT2D eigenvalue weighted by Crippen LogP contribution is -2.17. The number of carbonyl (C=O) groups is 2. The number of primary amides is 1. The Bertz CT molecular complexity index is 1050. The van der Waals surface area contributed by atoms with E-state index in [0.717, 1.165) is 11.1 Å². The van der Waals surface area contributed by atoms with Gasteiger partial charge in [0.15, 0.2) is 0 Å². The maximum Gasteiger partial charge on any atom is 0.255 e. The fraction of sp³-hybridized carbons (Fsp3) is 0.0500. The van der Waals surface area contributed by atoms with Gasteiger partial charge in [-0.1, -0.05) is 18.2 Å². The maximum atomic E-state index is 12.3. The van der Waals surface area contributed by atoms with Crippen LogP contribution in [0, 0.1) is 0 Å². The average Bonchev–Trinajstić information content (AvgIpc) is 2.62. The fourth-order valence-corrected chi connectivity index (χ4v) is 2.65. The number of pyridine rings is 1. The zero-order chi connectivity index (χ0) is 18.7. The first-order valence-electron chi connectivity index (χ1n) is 7.95. The van der Waals surface area contributed by atoms with E-state index in [1.807, 2.05) is 6.07 Å². The van der Waals surface area contributed by atoms with Crippen molar-refractivity contribution >= 4 is 17.5 Å². The number of aromatic nitrogens is 1. The van der Waals surface area contributed by atoms with Crippen LogP contribution in [0.25, 0.3) is 16.8 Å². The highest BCUT2D eigenvalue weighted by molar-refractivity contribution is 5.94. The second-order valence-corrected chi connectivity index (χ2v) is 5.80. The van der Waals surface area contributed by atoms with Crippen LogP contribution in [0.5, 0.6) is 0 Å². The van der Waals surface area contributed by atoms with Gasteiger partial charge >= 0.3 is 0 Å². The van der Waals surface area contributed by atoms with Crippen LogP contribution in [0.1, 0.15) is 17.3 Å². The third-order valence-electron chi connectivity index (χ3n) is 3.84. The van der Waals surface area contributed by atoms with Crippen molar-refractivity contribution in [1.29, 1.82) is 0 Å². The summed E-state index contributed by atoms with van der Waals surface area (Å²) in [6.07, 6.45) is 1.69. The number of benzene rings is 2. The maximum absolute atomic E-state index is 12.3. The molecule has 3 N–H and O–H groups in total. The summed E-state index contributed by atoms with van der Waals surface area (Å²) in [6, 6.07) is 17.0. The first-order valence-corrected chi connectivity index (χ1v) is 7.95. The second-order valence-electron chi connectivity index (χ2n) is 5.80. The van der Waals surface area contributed by atoms with Gasteiger partial charge in [-0.3, -0.25) is 19.0 Å². The largest absolute Gasteiger partial charge is 0.366 e. The summed E-state index contributed by atoms with van der Waals surface area (Å²) in [4.78, 5) is 34.9. The molecule has 2 aromatic carbocycles. The first-order chi connectivity index (χ1) is 12.4. The first kappa shape index (κ1) is 17.2. The molecule has 1 heterocycles. The molecule has 0 aliphatic carbocycles.